The van der Waals surface area contributed by atoms with Crippen LogP contribution in [0.15, 0.2) is 42.7 Å². The van der Waals surface area contributed by atoms with Crippen molar-refractivity contribution in [2.24, 2.45) is 5.73 Å². The van der Waals surface area contributed by atoms with Gasteiger partial charge in [-0.25, -0.2) is 0 Å². The highest BCUT2D eigenvalue weighted by molar-refractivity contribution is 5.54. The molecule has 0 aliphatic carbocycles. The maximum absolute atomic E-state index is 5.88. The van der Waals surface area contributed by atoms with E-state index in [2.05, 4.69) is 54.1 Å². The number of benzene rings is 1. The zero-order valence-corrected chi connectivity index (χ0v) is 13.2. The molecule has 0 saturated heterocycles. The molecular formula is C18H25N3. The van der Waals surface area contributed by atoms with Gasteiger partial charge in [0, 0.05) is 37.2 Å². The summed E-state index contributed by atoms with van der Waals surface area (Å²) in [6.07, 6.45) is 4.63. The first-order valence-electron chi connectivity index (χ1n) is 7.59. The van der Waals surface area contributed by atoms with Crippen molar-refractivity contribution in [3.05, 3.63) is 59.4 Å². The van der Waals surface area contributed by atoms with Gasteiger partial charge in [0.25, 0.3) is 0 Å². The Morgan fingerprint density at radius 1 is 1.14 bits per heavy atom. The van der Waals surface area contributed by atoms with E-state index in [1.165, 1.54) is 22.4 Å². The number of aromatic nitrogens is 1. The van der Waals surface area contributed by atoms with Crippen molar-refractivity contribution in [3.8, 4) is 0 Å². The molecule has 0 radical (unpaired) electrons. The van der Waals surface area contributed by atoms with E-state index in [1.54, 1.807) is 0 Å². The largest absolute Gasteiger partial charge is 0.367 e. The first-order chi connectivity index (χ1) is 10.1. The minimum Gasteiger partial charge on any atom is -0.367 e. The van der Waals surface area contributed by atoms with Crippen LogP contribution in [0.1, 0.15) is 30.5 Å². The van der Waals surface area contributed by atoms with Crippen molar-refractivity contribution in [1.29, 1.82) is 0 Å². The quantitative estimate of drug-likeness (QED) is 0.884. The Kier molecular flexibility index (Phi) is 5.34. The highest BCUT2D eigenvalue weighted by Gasteiger charge is 2.09. The first-order valence-corrected chi connectivity index (χ1v) is 7.59. The van der Waals surface area contributed by atoms with Gasteiger partial charge >= 0.3 is 0 Å². The van der Waals surface area contributed by atoms with Gasteiger partial charge in [-0.3, -0.25) is 4.98 Å². The standard InChI is InChI=1S/C18H25N3/c1-4-21(13-16-7-9-20-10-8-16)18-6-5-17(11-14(18)2)12-15(3)19/h5-11,15H,4,12-13,19H2,1-3H3. The normalized spacial score (nSPS) is 12.2. The van der Waals surface area contributed by atoms with Gasteiger partial charge in [0.1, 0.15) is 0 Å². The van der Waals surface area contributed by atoms with Crippen LogP contribution in [0.5, 0.6) is 0 Å². The number of hydrogen-bond acceptors (Lipinski definition) is 3. The molecule has 1 heterocycles. The average Bonchev–Trinajstić information content (AvgIpc) is 2.46. The van der Waals surface area contributed by atoms with E-state index in [1.807, 2.05) is 19.3 Å². The summed E-state index contributed by atoms with van der Waals surface area (Å²) < 4.78 is 0. The molecule has 2 aromatic rings. The van der Waals surface area contributed by atoms with Crippen LogP contribution < -0.4 is 10.6 Å². The Bertz CT molecular complexity index is 564. The lowest BCUT2D eigenvalue weighted by molar-refractivity contribution is 0.737. The van der Waals surface area contributed by atoms with Gasteiger partial charge < -0.3 is 10.6 Å². The minimum atomic E-state index is 0.203. The molecule has 2 N–H and O–H groups in total. The third-order valence-electron chi connectivity index (χ3n) is 3.66. The summed E-state index contributed by atoms with van der Waals surface area (Å²) in [6.45, 7) is 8.30. The zero-order chi connectivity index (χ0) is 15.2. The molecule has 0 spiro atoms. The highest BCUT2D eigenvalue weighted by atomic mass is 15.1. The van der Waals surface area contributed by atoms with Gasteiger partial charge in [-0.1, -0.05) is 12.1 Å². The molecular weight excluding hydrogens is 258 g/mol. The number of nitrogens with two attached hydrogens (primary N) is 1. The Hall–Kier alpha value is -1.87. The van der Waals surface area contributed by atoms with Crippen LogP contribution in [0.2, 0.25) is 0 Å². The monoisotopic (exact) mass is 283 g/mol. The first kappa shape index (κ1) is 15.5. The van der Waals surface area contributed by atoms with Crippen molar-refractivity contribution in [2.45, 2.75) is 39.8 Å². The predicted octanol–water partition coefficient (Wildman–Crippen LogP) is 3.31. The van der Waals surface area contributed by atoms with E-state index in [0.717, 1.165) is 19.5 Å². The van der Waals surface area contributed by atoms with Crippen LogP contribution in [0.25, 0.3) is 0 Å². The molecule has 0 amide bonds. The Labute approximate surface area is 127 Å². The SMILES string of the molecule is CCN(Cc1ccncc1)c1ccc(CC(C)N)cc1C. The van der Waals surface area contributed by atoms with E-state index in [-0.39, 0.29) is 6.04 Å². The molecule has 3 nitrogen and oxygen atoms in total. The molecule has 1 aromatic carbocycles. The van der Waals surface area contributed by atoms with Crippen LogP contribution in [0, 0.1) is 6.92 Å². The highest BCUT2D eigenvalue weighted by Crippen LogP contribution is 2.23. The summed E-state index contributed by atoms with van der Waals surface area (Å²) in [5.74, 6) is 0. The van der Waals surface area contributed by atoms with Crippen LogP contribution in [-0.4, -0.2) is 17.6 Å². The Balaban J connectivity index is 2.18. The van der Waals surface area contributed by atoms with E-state index in [9.17, 15) is 0 Å². The van der Waals surface area contributed by atoms with Gasteiger partial charge in [0.15, 0.2) is 0 Å². The maximum atomic E-state index is 5.88. The molecule has 0 aliphatic heterocycles. The molecule has 112 valence electrons. The molecule has 0 fully saturated rings. The second kappa shape index (κ2) is 7.23. The lowest BCUT2D eigenvalue weighted by Crippen LogP contribution is -2.23. The van der Waals surface area contributed by atoms with Crippen molar-refractivity contribution in [1.82, 2.24) is 4.98 Å². The fourth-order valence-corrected chi connectivity index (χ4v) is 2.65. The van der Waals surface area contributed by atoms with Gasteiger partial charge in [0.2, 0.25) is 0 Å². The zero-order valence-electron chi connectivity index (χ0n) is 13.2. The summed E-state index contributed by atoms with van der Waals surface area (Å²) in [4.78, 5) is 6.47. The van der Waals surface area contributed by atoms with Crippen molar-refractivity contribution in [3.63, 3.8) is 0 Å². The summed E-state index contributed by atoms with van der Waals surface area (Å²) >= 11 is 0. The fourth-order valence-electron chi connectivity index (χ4n) is 2.65. The van der Waals surface area contributed by atoms with Gasteiger partial charge in [-0.15, -0.1) is 0 Å². The van der Waals surface area contributed by atoms with Gasteiger partial charge in [-0.05, 0) is 62.1 Å². The topological polar surface area (TPSA) is 42.2 Å². The van der Waals surface area contributed by atoms with Crippen molar-refractivity contribution < 1.29 is 0 Å². The number of anilines is 1. The Morgan fingerprint density at radius 3 is 2.43 bits per heavy atom. The number of rotatable bonds is 6. The predicted molar refractivity (Wildman–Crippen MR) is 89.5 cm³/mol. The molecule has 1 unspecified atom stereocenters. The van der Waals surface area contributed by atoms with Crippen LogP contribution in [0.4, 0.5) is 5.69 Å². The van der Waals surface area contributed by atoms with E-state index in [4.69, 9.17) is 5.73 Å². The maximum Gasteiger partial charge on any atom is 0.0430 e. The fraction of sp³-hybridized carbons (Fsp3) is 0.389. The number of aryl methyl sites for hydroxylation is 1. The summed E-state index contributed by atoms with van der Waals surface area (Å²) in [5.41, 5.74) is 11.1. The minimum absolute atomic E-state index is 0.203. The smallest absolute Gasteiger partial charge is 0.0430 e. The number of pyridine rings is 1. The van der Waals surface area contributed by atoms with Crippen LogP contribution in [0.3, 0.4) is 0 Å². The molecule has 21 heavy (non-hydrogen) atoms. The molecule has 1 atom stereocenters. The molecule has 3 heteroatoms. The lowest BCUT2D eigenvalue weighted by Gasteiger charge is -2.25. The molecule has 0 bridgehead atoms. The van der Waals surface area contributed by atoms with Crippen molar-refractivity contribution >= 4 is 5.69 Å². The number of hydrogen-bond donors (Lipinski definition) is 1. The number of nitrogens with zero attached hydrogens (tertiary/aromatic N) is 2. The second-order valence-corrected chi connectivity index (χ2v) is 5.67. The lowest BCUT2D eigenvalue weighted by atomic mass is 10.0. The van der Waals surface area contributed by atoms with Crippen LogP contribution >= 0.6 is 0 Å². The van der Waals surface area contributed by atoms with Gasteiger partial charge in [0.05, 0.1) is 0 Å². The summed E-state index contributed by atoms with van der Waals surface area (Å²) in [7, 11) is 0. The molecule has 2 rings (SSSR count). The summed E-state index contributed by atoms with van der Waals surface area (Å²) in [5, 5.41) is 0. The van der Waals surface area contributed by atoms with E-state index < -0.39 is 0 Å². The molecule has 1 aromatic heterocycles. The molecule has 0 aliphatic rings. The third-order valence-corrected chi connectivity index (χ3v) is 3.66. The van der Waals surface area contributed by atoms with Crippen molar-refractivity contribution in [2.75, 3.05) is 11.4 Å². The average molecular weight is 283 g/mol. The second-order valence-electron chi connectivity index (χ2n) is 5.67. The summed E-state index contributed by atoms with van der Waals surface area (Å²) in [6, 6.07) is 11.0. The van der Waals surface area contributed by atoms with Gasteiger partial charge in [-0.2, -0.15) is 0 Å². The molecule has 0 saturated carbocycles. The third kappa shape index (κ3) is 4.30. The Morgan fingerprint density at radius 2 is 1.86 bits per heavy atom. The van der Waals surface area contributed by atoms with E-state index >= 15 is 0 Å². The van der Waals surface area contributed by atoms with E-state index in [0.29, 0.717) is 0 Å². The van der Waals surface area contributed by atoms with Crippen LogP contribution in [-0.2, 0) is 13.0 Å².